The zero-order valence-electron chi connectivity index (χ0n) is 20.5. The molecule has 0 fully saturated rings. The van der Waals surface area contributed by atoms with E-state index in [1.807, 2.05) is 32.9 Å². The van der Waals surface area contributed by atoms with Crippen LogP contribution in [0.15, 0.2) is 54.6 Å². The normalized spacial score (nSPS) is 10.8. The fourth-order valence-corrected chi connectivity index (χ4v) is 4.61. The highest BCUT2D eigenvalue weighted by Gasteiger charge is 2.24. The van der Waals surface area contributed by atoms with E-state index in [1.54, 1.807) is 36.4 Å². The van der Waals surface area contributed by atoms with Crippen molar-refractivity contribution < 1.29 is 19.1 Å². The number of nitrogens with zero attached hydrogens (tertiary/aromatic N) is 1. The number of para-hydroxylation sites is 1. The van der Waals surface area contributed by atoms with E-state index in [1.165, 1.54) is 17.9 Å². The number of carbonyl (C=O) groups is 3. The molecule has 190 valence electrons. The van der Waals surface area contributed by atoms with Crippen molar-refractivity contribution in [3.8, 4) is 5.75 Å². The largest absolute Gasteiger partial charge is 0.494 e. The van der Waals surface area contributed by atoms with E-state index in [0.29, 0.717) is 33.0 Å². The molecule has 3 amide bonds. The van der Waals surface area contributed by atoms with Crippen LogP contribution in [0.1, 0.15) is 27.2 Å². The summed E-state index contributed by atoms with van der Waals surface area (Å²) in [4.78, 5) is 39.2. The molecule has 0 aliphatic heterocycles. The molecule has 0 saturated carbocycles. The van der Waals surface area contributed by atoms with Gasteiger partial charge < -0.3 is 15.4 Å². The third-order valence-corrected chi connectivity index (χ3v) is 6.30. The van der Waals surface area contributed by atoms with Crippen molar-refractivity contribution in [2.45, 2.75) is 20.8 Å². The number of nitrogens with one attached hydrogen (secondary N) is 3. The molecular formula is C27H24Cl2N4O4. The molecule has 0 aliphatic carbocycles. The first-order valence-corrected chi connectivity index (χ1v) is 12.0. The number of methoxy groups -OCH3 is 1. The quantitative estimate of drug-likeness (QED) is 0.277. The lowest BCUT2D eigenvalue weighted by Crippen LogP contribution is -2.36. The molecule has 3 N–H and O–H groups in total. The van der Waals surface area contributed by atoms with Gasteiger partial charge in [0.25, 0.3) is 5.91 Å². The van der Waals surface area contributed by atoms with Gasteiger partial charge >= 0.3 is 11.8 Å². The molecule has 4 aromatic rings. The van der Waals surface area contributed by atoms with Crippen molar-refractivity contribution in [2.75, 3.05) is 23.2 Å². The summed E-state index contributed by atoms with van der Waals surface area (Å²) in [5.41, 5.74) is 6.57. The summed E-state index contributed by atoms with van der Waals surface area (Å²) in [6.07, 6.45) is 0. The minimum Gasteiger partial charge on any atom is -0.494 e. The van der Waals surface area contributed by atoms with E-state index >= 15 is 0 Å². The highest BCUT2D eigenvalue weighted by Crippen LogP contribution is 2.30. The maximum absolute atomic E-state index is 13.3. The van der Waals surface area contributed by atoms with Crippen LogP contribution in [0.25, 0.3) is 10.9 Å². The third kappa shape index (κ3) is 5.40. The van der Waals surface area contributed by atoms with Gasteiger partial charge in [0.1, 0.15) is 17.0 Å². The Morgan fingerprint density at radius 2 is 1.57 bits per heavy atom. The number of carbonyl (C=O) groups excluding carboxylic acids is 3. The molecule has 3 aromatic carbocycles. The summed E-state index contributed by atoms with van der Waals surface area (Å²) in [5.74, 6) is -2.04. The van der Waals surface area contributed by atoms with Crippen molar-refractivity contribution >= 4 is 63.2 Å². The monoisotopic (exact) mass is 538 g/mol. The summed E-state index contributed by atoms with van der Waals surface area (Å²) in [7, 11) is 1.47. The molecule has 1 heterocycles. The number of aromatic nitrogens is 1. The SMILES string of the molecule is COc1cccc2cc(C(=O)Nc3ccc(Cl)cc3Cl)n(NC(=O)C(=O)Nc3c(C)cc(C)cc3C)c12. The van der Waals surface area contributed by atoms with Gasteiger partial charge in [-0.05, 0) is 62.2 Å². The average molecular weight is 539 g/mol. The smallest absolute Gasteiger partial charge is 0.328 e. The number of aryl methyl sites for hydroxylation is 3. The van der Waals surface area contributed by atoms with Crippen molar-refractivity contribution in [1.82, 2.24) is 4.68 Å². The van der Waals surface area contributed by atoms with Crippen LogP contribution in [-0.4, -0.2) is 29.5 Å². The summed E-state index contributed by atoms with van der Waals surface area (Å²) in [6.45, 7) is 5.65. The third-order valence-electron chi connectivity index (χ3n) is 5.75. The first-order valence-electron chi connectivity index (χ1n) is 11.2. The lowest BCUT2D eigenvalue weighted by molar-refractivity contribution is -0.133. The number of hydrogen-bond acceptors (Lipinski definition) is 4. The number of ether oxygens (including phenoxy) is 1. The molecule has 0 radical (unpaired) electrons. The van der Waals surface area contributed by atoms with Crippen LogP contribution in [0.3, 0.4) is 0 Å². The van der Waals surface area contributed by atoms with Gasteiger partial charge in [-0.25, -0.2) is 4.68 Å². The van der Waals surface area contributed by atoms with E-state index in [-0.39, 0.29) is 10.7 Å². The molecule has 37 heavy (non-hydrogen) atoms. The van der Waals surface area contributed by atoms with Gasteiger partial charge in [0.2, 0.25) is 0 Å². The molecule has 1 aromatic heterocycles. The van der Waals surface area contributed by atoms with Crippen LogP contribution in [0, 0.1) is 20.8 Å². The van der Waals surface area contributed by atoms with Gasteiger partial charge in [0, 0.05) is 16.1 Å². The van der Waals surface area contributed by atoms with Crippen LogP contribution >= 0.6 is 23.2 Å². The van der Waals surface area contributed by atoms with Gasteiger partial charge in [-0.1, -0.05) is 53.0 Å². The predicted molar refractivity (Wildman–Crippen MR) is 147 cm³/mol. The topological polar surface area (TPSA) is 101 Å². The van der Waals surface area contributed by atoms with Crippen LogP contribution in [0.5, 0.6) is 5.75 Å². The predicted octanol–water partition coefficient (Wildman–Crippen LogP) is 5.84. The van der Waals surface area contributed by atoms with Gasteiger partial charge in [-0.15, -0.1) is 0 Å². The fourth-order valence-electron chi connectivity index (χ4n) is 4.15. The van der Waals surface area contributed by atoms with E-state index in [2.05, 4.69) is 16.1 Å². The molecule has 0 spiro atoms. The Hall–Kier alpha value is -4.01. The Labute approximate surface area is 223 Å². The lowest BCUT2D eigenvalue weighted by atomic mass is 10.1. The fraction of sp³-hybridized carbons (Fsp3) is 0.148. The zero-order valence-corrected chi connectivity index (χ0v) is 22.0. The number of halogens is 2. The zero-order chi connectivity index (χ0) is 26.9. The second-order valence-corrected chi connectivity index (χ2v) is 9.35. The van der Waals surface area contributed by atoms with Crippen molar-refractivity contribution in [3.63, 3.8) is 0 Å². The van der Waals surface area contributed by atoms with E-state index in [9.17, 15) is 14.4 Å². The second kappa shape index (κ2) is 10.5. The second-order valence-electron chi connectivity index (χ2n) is 8.51. The minimum atomic E-state index is -0.971. The molecule has 0 atom stereocenters. The molecule has 4 rings (SSSR count). The Kier molecular flexibility index (Phi) is 7.42. The Morgan fingerprint density at radius 1 is 0.865 bits per heavy atom. The number of amides is 3. The van der Waals surface area contributed by atoms with Crippen molar-refractivity contribution in [2.24, 2.45) is 0 Å². The van der Waals surface area contributed by atoms with Crippen LogP contribution in [0.4, 0.5) is 11.4 Å². The van der Waals surface area contributed by atoms with Crippen molar-refractivity contribution in [3.05, 3.63) is 87.0 Å². The molecular weight excluding hydrogens is 515 g/mol. The summed E-state index contributed by atoms with van der Waals surface area (Å²) in [5, 5.41) is 6.65. The first-order chi connectivity index (χ1) is 17.6. The Balaban J connectivity index is 1.69. The van der Waals surface area contributed by atoms with E-state index < -0.39 is 17.7 Å². The Bertz CT molecular complexity index is 1540. The highest BCUT2D eigenvalue weighted by atomic mass is 35.5. The number of anilines is 2. The van der Waals surface area contributed by atoms with Gasteiger partial charge in [0.15, 0.2) is 0 Å². The van der Waals surface area contributed by atoms with E-state index in [4.69, 9.17) is 27.9 Å². The first kappa shape index (κ1) is 26.1. The lowest BCUT2D eigenvalue weighted by Gasteiger charge is -2.16. The number of hydrogen-bond donors (Lipinski definition) is 3. The molecule has 10 heteroatoms. The Morgan fingerprint density at radius 3 is 2.22 bits per heavy atom. The van der Waals surface area contributed by atoms with Gasteiger partial charge in [-0.3, -0.25) is 19.8 Å². The summed E-state index contributed by atoms with van der Waals surface area (Å²) >= 11 is 12.2. The molecule has 0 unspecified atom stereocenters. The minimum absolute atomic E-state index is 0.0503. The number of rotatable bonds is 5. The highest BCUT2D eigenvalue weighted by molar-refractivity contribution is 6.42. The number of benzene rings is 3. The molecule has 0 aliphatic rings. The number of fused-ring (bicyclic) bond motifs is 1. The average Bonchev–Trinajstić information content (AvgIpc) is 3.21. The standard InChI is InChI=1S/C27H24Cl2N4O4/c1-14-10-15(2)23(16(3)11-14)31-26(35)27(36)32-33-21(12-17-6-5-7-22(37-4)24(17)33)25(34)30-20-9-8-18(28)13-19(20)29/h5-13H,1-4H3,(H,30,34)(H,31,35)(H,32,36). The van der Waals surface area contributed by atoms with Crippen LogP contribution in [-0.2, 0) is 9.59 Å². The molecule has 0 saturated heterocycles. The maximum Gasteiger partial charge on any atom is 0.328 e. The summed E-state index contributed by atoms with van der Waals surface area (Å²) < 4.78 is 6.68. The summed E-state index contributed by atoms with van der Waals surface area (Å²) in [6, 6.07) is 15.2. The van der Waals surface area contributed by atoms with Crippen molar-refractivity contribution in [1.29, 1.82) is 0 Å². The van der Waals surface area contributed by atoms with Crippen LogP contribution < -0.4 is 20.8 Å². The van der Waals surface area contributed by atoms with E-state index in [0.717, 1.165) is 16.7 Å². The molecule has 0 bridgehead atoms. The maximum atomic E-state index is 13.3. The molecule has 8 nitrogen and oxygen atoms in total. The van der Waals surface area contributed by atoms with Gasteiger partial charge in [0.05, 0.1) is 17.8 Å². The van der Waals surface area contributed by atoms with Crippen LogP contribution in [0.2, 0.25) is 10.0 Å². The van der Waals surface area contributed by atoms with Gasteiger partial charge in [-0.2, -0.15) is 0 Å².